The van der Waals surface area contributed by atoms with Crippen LogP contribution in [0.15, 0.2) is 54.2 Å². The van der Waals surface area contributed by atoms with Gasteiger partial charge in [0.2, 0.25) is 0 Å². The molecule has 1 aliphatic rings. The molecule has 3 aromatic heterocycles. The van der Waals surface area contributed by atoms with Crippen molar-refractivity contribution in [1.29, 1.82) is 0 Å². The Balaban J connectivity index is 1.44. The number of aromatic nitrogens is 4. The van der Waals surface area contributed by atoms with E-state index in [9.17, 15) is 14.0 Å². The number of hydrogen-bond donors (Lipinski definition) is 2. The van der Waals surface area contributed by atoms with Crippen LogP contribution in [0.4, 0.5) is 4.39 Å². The fourth-order valence-corrected chi connectivity index (χ4v) is 5.42. The van der Waals surface area contributed by atoms with E-state index < -0.39 is 0 Å². The molecule has 2 amide bonds. The number of carbonyl (C=O) groups is 2. The molecular weight excluding hydrogens is 491 g/mol. The van der Waals surface area contributed by atoms with Gasteiger partial charge in [-0.3, -0.25) is 19.7 Å². The number of hydrogen-bond acceptors (Lipinski definition) is 6. The lowest BCUT2D eigenvalue weighted by Gasteiger charge is -2.32. The summed E-state index contributed by atoms with van der Waals surface area (Å²) in [5.41, 5.74) is 4.13. The van der Waals surface area contributed by atoms with Crippen LogP contribution in [0.25, 0.3) is 21.8 Å². The first-order valence-electron chi connectivity index (χ1n) is 12.2. The third kappa shape index (κ3) is 5.29. The number of benzene rings is 1. The maximum Gasteiger partial charge on any atom is 0.270 e. The van der Waals surface area contributed by atoms with Gasteiger partial charge in [0.15, 0.2) is 0 Å². The molecule has 1 saturated heterocycles. The number of nitrogens with one attached hydrogen (secondary N) is 2. The third-order valence-corrected chi connectivity index (χ3v) is 7.26. The topological polar surface area (TPSA) is 104 Å². The number of likely N-dealkylation sites (tertiary alicyclic amines) is 1. The van der Waals surface area contributed by atoms with Gasteiger partial charge in [-0.25, -0.2) is 9.37 Å². The van der Waals surface area contributed by atoms with E-state index in [4.69, 9.17) is 0 Å². The Morgan fingerprint density at radius 1 is 1.11 bits per heavy atom. The van der Waals surface area contributed by atoms with Crippen LogP contribution in [-0.2, 0) is 0 Å². The van der Waals surface area contributed by atoms with Gasteiger partial charge in [0.25, 0.3) is 11.8 Å². The second-order valence-corrected chi connectivity index (χ2v) is 10.2. The standard InChI is InChI=1S/C27H27FN6O2S/c1-16(2)30-25(35)21-15-37-26(31-21)22-23(17-3-5-20(28)6-4-17)32-33-24(22)18-9-13-34(14-10-18)27(36)19-7-11-29-12-8-19/h3-8,11-12,15-16,18H,9-10,13-14H2,1-2H3,(H,30,35)(H,32,33). The van der Waals surface area contributed by atoms with E-state index in [2.05, 4.69) is 25.5 Å². The zero-order valence-corrected chi connectivity index (χ0v) is 21.4. The quantitative estimate of drug-likeness (QED) is 0.378. The van der Waals surface area contributed by atoms with Crippen molar-refractivity contribution in [2.75, 3.05) is 13.1 Å². The zero-order chi connectivity index (χ0) is 25.9. The normalized spacial score (nSPS) is 14.2. The molecule has 5 rings (SSSR count). The van der Waals surface area contributed by atoms with Crippen LogP contribution >= 0.6 is 11.3 Å². The number of nitrogens with zero attached hydrogens (tertiary/aromatic N) is 4. The summed E-state index contributed by atoms with van der Waals surface area (Å²) in [6.07, 6.45) is 4.75. The van der Waals surface area contributed by atoms with Gasteiger partial charge >= 0.3 is 0 Å². The highest BCUT2D eigenvalue weighted by Gasteiger charge is 2.30. The molecule has 4 aromatic rings. The SMILES string of the molecule is CC(C)NC(=O)c1csc(-c2c(-c3ccc(F)cc3)n[nH]c2C2CCN(C(=O)c3ccncc3)CC2)n1. The Morgan fingerprint density at radius 3 is 2.49 bits per heavy atom. The van der Waals surface area contributed by atoms with Gasteiger partial charge in [-0.15, -0.1) is 11.3 Å². The highest BCUT2D eigenvalue weighted by Crippen LogP contribution is 2.41. The monoisotopic (exact) mass is 518 g/mol. The molecule has 1 fully saturated rings. The molecule has 0 saturated carbocycles. The van der Waals surface area contributed by atoms with Crippen LogP contribution in [0.3, 0.4) is 0 Å². The molecule has 0 aliphatic carbocycles. The highest BCUT2D eigenvalue weighted by molar-refractivity contribution is 7.13. The molecule has 0 radical (unpaired) electrons. The summed E-state index contributed by atoms with van der Waals surface area (Å²) in [5, 5.41) is 13.1. The predicted octanol–water partition coefficient (Wildman–Crippen LogP) is 4.89. The lowest BCUT2D eigenvalue weighted by atomic mass is 9.89. The Hall–Kier alpha value is -3.92. The molecule has 0 atom stereocenters. The summed E-state index contributed by atoms with van der Waals surface area (Å²) < 4.78 is 13.6. The molecule has 37 heavy (non-hydrogen) atoms. The van der Waals surface area contributed by atoms with Crippen LogP contribution in [0.2, 0.25) is 0 Å². The Morgan fingerprint density at radius 2 is 1.81 bits per heavy atom. The molecule has 190 valence electrons. The lowest BCUT2D eigenvalue weighted by molar-refractivity contribution is 0.0712. The van der Waals surface area contributed by atoms with Gasteiger partial charge in [0.1, 0.15) is 22.2 Å². The van der Waals surface area contributed by atoms with Crippen molar-refractivity contribution in [2.45, 2.75) is 38.6 Å². The van der Waals surface area contributed by atoms with Crippen molar-refractivity contribution in [2.24, 2.45) is 0 Å². The summed E-state index contributed by atoms with van der Waals surface area (Å²) >= 11 is 1.38. The molecule has 0 spiro atoms. The van der Waals surface area contributed by atoms with Gasteiger partial charge < -0.3 is 10.2 Å². The van der Waals surface area contributed by atoms with E-state index in [-0.39, 0.29) is 29.6 Å². The highest BCUT2D eigenvalue weighted by atomic mass is 32.1. The summed E-state index contributed by atoms with van der Waals surface area (Å²) in [6, 6.07) is 9.64. The molecule has 8 nitrogen and oxygen atoms in total. The Kier molecular flexibility index (Phi) is 7.09. The number of thiazole rings is 1. The van der Waals surface area contributed by atoms with E-state index in [1.165, 1.54) is 23.5 Å². The average Bonchev–Trinajstić information content (AvgIpc) is 3.57. The fourth-order valence-electron chi connectivity index (χ4n) is 4.56. The first-order valence-corrected chi connectivity index (χ1v) is 13.1. The second kappa shape index (κ2) is 10.6. The summed E-state index contributed by atoms with van der Waals surface area (Å²) in [7, 11) is 0. The first kappa shape index (κ1) is 24.8. The van der Waals surface area contributed by atoms with Crippen LogP contribution in [0.5, 0.6) is 0 Å². The van der Waals surface area contributed by atoms with Gasteiger partial charge in [-0.05, 0) is 63.1 Å². The molecule has 1 aromatic carbocycles. The number of carbonyl (C=O) groups excluding carboxylic acids is 2. The molecule has 1 aliphatic heterocycles. The lowest BCUT2D eigenvalue weighted by Crippen LogP contribution is -2.38. The van der Waals surface area contributed by atoms with Crippen LogP contribution in [-0.4, -0.2) is 56.0 Å². The van der Waals surface area contributed by atoms with Crippen molar-refractivity contribution in [3.8, 4) is 21.8 Å². The number of rotatable bonds is 6. The van der Waals surface area contributed by atoms with E-state index >= 15 is 0 Å². The fraction of sp³-hybridized carbons (Fsp3) is 0.296. The third-order valence-electron chi connectivity index (χ3n) is 6.40. The Labute approximate surface area is 218 Å². The van der Waals surface area contributed by atoms with Crippen LogP contribution < -0.4 is 5.32 Å². The number of pyridine rings is 1. The van der Waals surface area contributed by atoms with Gasteiger partial charge in [0.05, 0.1) is 5.56 Å². The van der Waals surface area contributed by atoms with Crippen molar-refractivity contribution in [1.82, 2.24) is 30.4 Å². The molecule has 0 bridgehead atoms. The van der Waals surface area contributed by atoms with Crippen molar-refractivity contribution in [3.63, 3.8) is 0 Å². The number of aromatic amines is 1. The largest absolute Gasteiger partial charge is 0.349 e. The maximum atomic E-state index is 13.6. The number of halogens is 1. The molecule has 10 heteroatoms. The molecule has 2 N–H and O–H groups in total. The summed E-state index contributed by atoms with van der Waals surface area (Å²) in [5.74, 6) is -0.434. The van der Waals surface area contributed by atoms with E-state index in [1.807, 2.05) is 18.7 Å². The van der Waals surface area contributed by atoms with E-state index in [1.54, 1.807) is 42.0 Å². The van der Waals surface area contributed by atoms with Gasteiger partial charge in [0, 0.05) is 59.6 Å². The zero-order valence-electron chi connectivity index (χ0n) is 20.6. The minimum Gasteiger partial charge on any atom is -0.349 e. The summed E-state index contributed by atoms with van der Waals surface area (Å²) in [6.45, 7) is 5.02. The van der Waals surface area contributed by atoms with Crippen LogP contribution in [0, 0.1) is 5.82 Å². The van der Waals surface area contributed by atoms with E-state index in [0.29, 0.717) is 35.0 Å². The molecular formula is C27H27FN6O2S. The van der Waals surface area contributed by atoms with Crippen molar-refractivity contribution >= 4 is 23.2 Å². The minimum absolute atomic E-state index is 0.00147. The Bertz CT molecular complexity index is 1390. The van der Waals surface area contributed by atoms with Gasteiger partial charge in [-0.1, -0.05) is 0 Å². The van der Waals surface area contributed by atoms with Crippen molar-refractivity contribution < 1.29 is 14.0 Å². The molecule has 0 unspecified atom stereocenters. The van der Waals surface area contributed by atoms with Crippen LogP contribution in [0.1, 0.15) is 59.1 Å². The van der Waals surface area contributed by atoms with E-state index in [0.717, 1.165) is 29.7 Å². The number of piperidine rings is 1. The summed E-state index contributed by atoms with van der Waals surface area (Å²) in [4.78, 5) is 36.0. The minimum atomic E-state index is -0.325. The first-order chi connectivity index (χ1) is 17.9. The maximum absolute atomic E-state index is 13.6. The smallest absolute Gasteiger partial charge is 0.270 e. The average molecular weight is 519 g/mol. The predicted molar refractivity (Wildman–Crippen MR) is 140 cm³/mol. The number of H-pyrrole nitrogens is 1. The number of amides is 2. The second-order valence-electron chi connectivity index (χ2n) is 9.34. The molecule has 4 heterocycles. The van der Waals surface area contributed by atoms with Gasteiger partial charge in [-0.2, -0.15) is 5.10 Å². The van der Waals surface area contributed by atoms with Crippen molar-refractivity contribution in [3.05, 3.63) is 76.9 Å².